The minimum Gasteiger partial charge on any atom is -0.325 e. The minimum atomic E-state index is -0.308. The average Bonchev–Trinajstić information content (AvgIpc) is 2.39. The van der Waals surface area contributed by atoms with Crippen LogP contribution in [0.4, 0.5) is 5.69 Å². The van der Waals surface area contributed by atoms with E-state index in [1.807, 2.05) is 37.3 Å². The molecule has 2 N–H and O–H groups in total. The van der Waals surface area contributed by atoms with Gasteiger partial charge < -0.3 is 5.32 Å². The first-order valence-corrected chi connectivity index (χ1v) is 6.25. The molecule has 3 nitrogen and oxygen atoms in total. The average molecular weight is 244 g/mol. The Kier molecular flexibility index (Phi) is 5.96. The Balaban J connectivity index is 2.49. The van der Waals surface area contributed by atoms with E-state index in [1.54, 1.807) is 0 Å². The van der Waals surface area contributed by atoms with Crippen LogP contribution >= 0.6 is 0 Å². The molecule has 2 unspecified atom stereocenters. The summed E-state index contributed by atoms with van der Waals surface area (Å²) in [6, 6.07) is 9.03. The van der Waals surface area contributed by atoms with Gasteiger partial charge in [-0.2, -0.15) is 0 Å². The molecule has 0 aliphatic carbocycles. The second kappa shape index (κ2) is 7.52. The van der Waals surface area contributed by atoms with Gasteiger partial charge in [-0.05, 0) is 25.5 Å². The largest absolute Gasteiger partial charge is 0.325 e. The molecule has 3 heteroatoms. The number of benzene rings is 1. The Morgan fingerprint density at radius 2 is 2.06 bits per heavy atom. The first-order valence-electron chi connectivity index (χ1n) is 6.25. The van der Waals surface area contributed by atoms with Crippen molar-refractivity contribution in [2.75, 3.05) is 5.32 Å². The summed E-state index contributed by atoms with van der Waals surface area (Å²) in [6.07, 6.45) is 7.29. The molecule has 0 heterocycles. The predicted molar refractivity (Wildman–Crippen MR) is 75.2 cm³/mol. The fraction of sp³-hybridized carbons (Fsp3) is 0.400. The molecule has 2 atom stereocenters. The minimum absolute atomic E-state index is 0.0495. The second-order valence-corrected chi connectivity index (χ2v) is 4.25. The molecule has 1 rings (SSSR count). The second-order valence-electron chi connectivity index (χ2n) is 4.25. The fourth-order valence-electron chi connectivity index (χ4n) is 1.65. The number of carbonyl (C=O) groups is 1. The first kappa shape index (κ1) is 14.3. The molecular weight excluding hydrogens is 224 g/mol. The molecule has 0 aliphatic rings. The highest BCUT2D eigenvalue weighted by molar-refractivity contribution is 5.94. The van der Waals surface area contributed by atoms with E-state index in [1.165, 1.54) is 0 Å². The third kappa shape index (κ3) is 4.60. The van der Waals surface area contributed by atoms with Crippen LogP contribution in [0, 0.1) is 12.3 Å². The van der Waals surface area contributed by atoms with Crippen LogP contribution in [0.3, 0.4) is 0 Å². The number of amides is 1. The molecule has 0 spiro atoms. The number of rotatable bonds is 6. The SMILES string of the molecule is C#CC(CCC)NC(C)C(=O)Nc1ccccc1. The van der Waals surface area contributed by atoms with Gasteiger partial charge >= 0.3 is 0 Å². The van der Waals surface area contributed by atoms with Gasteiger partial charge in [0.2, 0.25) is 5.91 Å². The summed E-state index contributed by atoms with van der Waals surface area (Å²) < 4.78 is 0. The molecule has 0 aromatic heterocycles. The lowest BCUT2D eigenvalue weighted by molar-refractivity contribution is -0.117. The van der Waals surface area contributed by atoms with E-state index in [-0.39, 0.29) is 18.0 Å². The molecule has 0 saturated heterocycles. The van der Waals surface area contributed by atoms with Gasteiger partial charge in [-0.3, -0.25) is 10.1 Å². The van der Waals surface area contributed by atoms with Gasteiger partial charge in [0.05, 0.1) is 12.1 Å². The number of terminal acetylenes is 1. The summed E-state index contributed by atoms with van der Waals surface area (Å²) >= 11 is 0. The summed E-state index contributed by atoms with van der Waals surface area (Å²) in [4.78, 5) is 11.9. The van der Waals surface area contributed by atoms with E-state index in [2.05, 4.69) is 23.5 Å². The first-order chi connectivity index (χ1) is 8.67. The van der Waals surface area contributed by atoms with Crippen LogP contribution in [0.1, 0.15) is 26.7 Å². The monoisotopic (exact) mass is 244 g/mol. The van der Waals surface area contributed by atoms with E-state index < -0.39 is 0 Å². The normalized spacial score (nSPS) is 13.4. The summed E-state index contributed by atoms with van der Waals surface area (Å²) in [5.41, 5.74) is 0.795. The smallest absolute Gasteiger partial charge is 0.241 e. The third-order valence-corrected chi connectivity index (χ3v) is 2.66. The van der Waals surface area contributed by atoms with Crippen LogP contribution in [-0.4, -0.2) is 18.0 Å². The number of hydrogen-bond donors (Lipinski definition) is 2. The summed E-state index contributed by atoms with van der Waals surface area (Å²) in [5.74, 6) is 2.59. The Hall–Kier alpha value is -1.79. The van der Waals surface area contributed by atoms with Crippen molar-refractivity contribution in [3.8, 4) is 12.3 Å². The Morgan fingerprint density at radius 3 is 2.61 bits per heavy atom. The maximum absolute atomic E-state index is 11.9. The van der Waals surface area contributed by atoms with Gasteiger partial charge in [-0.1, -0.05) is 37.5 Å². The van der Waals surface area contributed by atoms with E-state index in [0.717, 1.165) is 18.5 Å². The Labute approximate surface area is 109 Å². The molecule has 0 fully saturated rings. The Bertz CT molecular complexity index is 408. The number of nitrogens with one attached hydrogen (secondary N) is 2. The fourth-order valence-corrected chi connectivity index (χ4v) is 1.65. The van der Waals surface area contributed by atoms with Crippen molar-refractivity contribution in [2.24, 2.45) is 0 Å². The third-order valence-electron chi connectivity index (χ3n) is 2.66. The summed E-state index contributed by atoms with van der Waals surface area (Å²) in [5, 5.41) is 5.98. The van der Waals surface area contributed by atoms with Gasteiger partial charge in [-0.25, -0.2) is 0 Å². The molecule has 0 radical (unpaired) electrons. The van der Waals surface area contributed by atoms with Gasteiger partial charge in [0.15, 0.2) is 0 Å². The van der Waals surface area contributed by atoms with E-state index in [4.69, 9.17) is 6.42 Å². The van der Waals surface area contributed by atoms with Crippen LogP contribution in [0.5, 0.6) is 0 Å². The molecule has 18 heavy (non-hydrogen) atoms. The van der Waals surface area contributed by atoms with Crippen molar-refractivity contribution in [1.29, 1.82) is 0 Å². The van der Waals surface area contributed by atoms with Gasteiger partial charge in [-0.15, -0.1) is 6.42 Å². The van der Waals surface area contributed by atoms with Crippen LogP contribution in [0.25, 0.3) is 0 Å². The van der Waals surface area contributed by atoms with Gasteiger partial charge in [0.25, 0.3) is 0 Å². The van der Waals surface area contributed by atoms with Crippen LogP contribution in [0.2, 0.25) is 0 Å². The van der Waals surface area contributed by atoms with Crippen LogP contribution in [0.15, 0.2) is 30.3 Å². The molecular formula is C15H20N2O. The topological polar surface area (TPSA) is 41.1 Å². The Morgan fingerprint density at radius 1 is 1.39 bits per heavy atom. The lowest BCUT2D eigenvalue weighted by atomic mass is 10.1. The van der Waals surface area contributed by atoms with Crippen molar-refractivity contribution < 1.29 is 4.79 Å². The molecule has 1 aromatic carbocycles. The lowest BCUT2D eigenvalue weighted by Gasteiger charge is -2.18. The number of anilines is 1. The lowest BCUT2D eigenvalue weighted by Crippen LogP contribution is -2.43. The molecule has 96 valence electrons. The van der Waals surface area contributed by atoms with Gasteiger partial charge in [0.1, 0.15) is 0 Å². The predicted octanol–water partition coefficient (Wildman–Crippen LogP) is 2.41. The molecule has 1 aromatic rings. The molecule has 0 bridgehead atoms. The van der Waals surface area contributed by atoms with Gasteiger partial charge in [0, 0.05) is 5.69 Å². The molecule has 1 amide bonds. The van der Waals surface area contributed by atoms with Crippen LogP contribution in [-0.2, 0) is 4.79 Å². The van der Waals surface area contributed by atoms with Crippen molar-refractivity contribution in [3.05, 3.63) is 30.3 Å². The standard InChI is InChI=1S/C15H20N2O/c1-4-9-13(5-2)16-12(3)15(18)17-14-10-7-6-8-11-14/h2,6-8,10-13,16H,4,9H2,1,3H3,(H,17,18). The van der Waals surface area contributed by atoms with Crippen molar-refractivity contribution in [3.63, 3.8) is 0 Å². The zero-order valence-electron chi connectivity index (χ0n) is 10.9. The highest BCUT2D eigenvalue weighted by atomic mass is 16.2. The zero-order chi connectivity index (χ0) is 13.4. The van der Waals surface area contributed by atoms with Crippen molar-refractivity contribution in [1.82, 2.24) is 5.32 Å². The van der Waals surface area contributed by atoms with E-state index in [0.29, 0.717) is 0 Å². The quantitative estimate of drug-likeness (QED) is 0.754. The van der Waals surface area contributed by atoms with E-state index in [9.17, 15) is 4.79 Å². The molecule has 0 aliphatic heterocycles. The number of carbonyl (C=O) groups excluding carboxylic acids is 1. The maximum Gasteiger partial charge on any atom is 0.241 e. The molecule has 0 saturated carbocycles. The highest BCUT2D eigenvalue weighted by Crippen LogP contribution is 2.06. The zero-order valence-corrected chi connectivity index (χ0v) is 10.9. The van der Waals surface area contributed by atoms with Crippen molar-refractivity contribution >= 4 is 11.6 Å². The highest BCUT2D eigenvalue weighted by Gasteiger charge is 2.15. The number of hydrogen-bond acceptors (Lipinski definition) is 2. The number of para-hydroxylation sites is 1. The van der Waals surface area contributed by atoms with Crippen LogP contribution < -0.4 is 10.6 Å². The van der Waals surface area contributed by atoms with Crippen molar-refractivity contribution in [2.45, 2.75) is 38.8 Å². The summed E-state index contributed by atoms with van der Waals surface area (Å²) in [7, 11) is 0. The van der Waals surface area contributed by atoms with E-state index >= 15 is 0 Å². The maximum atomic E-state index is 11.9. The summed E-state index contributed by atoms with van der Waals surface area (Å²) in [6.45, 7) is 3.89.